The van der Waals surface area contributed by atoms with Gasteiger partial charge in [0.1, 0.15) is 0 Å². The molecule has 0 saturated carbocycles. The Morgan fingerprint density at radius 1 is 1.14 bits per heavy atom. The summed E-state index contributed by atoms with van der Waals surface area (Å²) in [6.45, 7) is 2.02. The molecule has 106 valence electrons. The second-order valence-electron chi connectivity index (χ2n) is 5.18. The molecule has 0 radical (unpaired) electrons. The van der Waals surface area contributed by atoms with E-state index >= 15 is 0 Å². The third-order valence-corrected chi connectivity index (χ3v) is 3.93. The van der Waals surface area contributed by atoms with Crippen LogP contribution in [0.4, 0.5) is 0 Å². The maximum Gasteiger partial charge on any atom is 0.0934 e. The summed E-state index contributed by atoms with van der Waals surface area (Å²) >= 11 is 6.30. The standard InChI is InChI=1S/C17H16ClN3/c1-11-5-6-12(14(18)9-11)10-15(19)13-3-2-4-16-17(13)21-8-7-20-16/h2-9,15H,10,19H2,1H3. The molecular formula is C17H16ClN3. The maximum absolute atomic E-state index is 6.37. The zero-order valence-corrected chi connectivity index (χ0v) is 12.5. The normalized spacial score (nSPS) is 12.5. The minimum absolute atomic E-state index is 0.161. The van der Waals surface area contributed by atoms with Gasteiger partial charge in [-0.25, -0.2) is 0 Å². The number of benzene rings is 2. The van der Waals surface area contributed by atoms with Gasteiger partial charge in [0.15, 0.2) is 0 Å². The Balaban J connectivity index is 1.95. The molecule has 0 saturated heterocycles. The Bertz CT molecular complexity index is 781. The van der Waals surface area contributed by atoms with Crippen molar-refractivity contribution in [3.05, 3.63) is 70.5 Å². The lowest BCUT2D eigenvalue weighted by Crippen LogP contribution is -2.14. The average molecular weight is 298 g/mol. The topological polar surface area (TPSA) is 51.8 Å². The molecule has 1 atom stereocenters. The summed E-state index contributed by atoms with van der Waals surface area (Å²) in [6, 6.07) is 11.8. The molecule has 0 aliphatic carbocycles. The van der Waals surface area contributed by atoms with Crippen molar-refractivity contribution in [1.29, 1.82) is 0 Å². The lowest BCUT2D eigenvalue weighted by atomic mass is 9.97. The number of nitrogens with zero attached hydrogens (tertiary/aromatic N) is 2. The van der Waals surface area contributed by atoms with Crippen LogP contribution in [0.25, 0.3) is 11.0 Å². The van der Waals surface area contributed by atoms with Crippen LogP contribution in [-0.2, 0) is 6.42 Å². The van der Waals surface area contributed by atoms with Gasteiger partial charge in [-0.3, -0.25) is 9.97 Å². The third kappa shape index (κ3) is 2.89. The zero-order valence-electron chi connectivity index (χ0n) is 11.8. The Kier molecular flexibility index (Phi) is 3.86. The van der Waals surface area contributed by atoms with Gasteiger partial charge in [-0.2, -0.15) is 0 Å². The molecule has 21 heavy (non-hydrogen) atoms. The first-order valence-electron chi connectivity index (χ1n) is 6.85. The smallest absolute Gasteiger partial charge is 0.0934 e. The van der Waals surface area contributed by atoms with Gasteiger partial charge < -0.3 is 5.73 Å². The molecule has 1 unspecified atom stereocenters. The number of aromatic nitrogens is 2. The first-order chi connectivity index (χ1) is 10.1. The van der Waals surface area contributed by atoms with Crippen molar-refractivity contribution in [1.82, 2.24) is 9.97 Å². The zero-order chi connectivity index (χ0) is 14.8. The Morgan fingerprint density at radius 3 is 2.76 bits per heavy atom. The predicted octanol–water partition coefficient (Wildman–Crippen LogP) is 3.83. The minimum Gasteiger partial charge on any atom is -0.324 e. The van der Waals surface area contributed by atoms with E-state index in [4.69, 9.17) is 17.3 Å². The molecule has 2 N–H and O–H groups in total. The van der Waals surface area contributed by atoms with E-state index in [2.05, 4.69) is 16.0 Å². The Labute approximate surface area is 128 Å². The van der Waals surface area contributed by atoms with E-state index in [1.807, 2.05) is 37.3 Å². The van der Waals surface area contributed by atoms with Crippen LogP contribution in [0.2, 0.25) is 5.02 Å². The summed E-state index contributed by atoms with van der Waals surface area (Å²) < 4.78 is 0. The van der Waals surface area contributed by atoms with Crippen molar-refractivity contribution in [3.63, 3.8) is 0 Å². The number of rotatable bonds is 3. The first kappa shape index (κ1) is 14.0. The lowest BCUT2D eigenvalue weighted by molar-refractivity contribution is 0.726. The van der Waals surface area contributed by atoms with Gasteiger partial charge in [-0.1, -0.05) is 35.9 Å². The van der Waals surface area contributed by atoms with Crippen molar-refractivity contribution in [2.24, 2.45) is 5.73 Å². The minimum atomic E-state index is -0.161. The highest BCUT2D eigenvalue weighted by Crippen LogP contribution is 2.26. The van der Waals surface area contributed by atoms with Gasteiger partial charge in [-0.05, 0) is 42.2 Å². The van der Waals surface area contributed by atoms with E-state index < -0.39 is 0 Å². The molecule has 3 aromatic rings. The van der Waals surface area contributed by atoms with Crippen LogP contribution in [0, 0.1) is 6.92 Å². The van der Waals surface area contributed by atoms with E-state index in [1.165, 1.54) is 0 Å². The van der Waals surface area contributed by atoms with Crippen LogP contribution in [-0.4, -0.2) is 9.97 Å². The van der Waals surface area contributed by atoms with Crippen LogP contribution in [0.1, 0.15) is 22.7 Å². The van der Waals surface area contributed by atoms with Crippen LogP contribution in [0.15, 0.2) is 48.8 Å². The number of hydrogen-bond acceptors (Lipinski definition) is 3. The first-order valence-corrected chi connectivity index (χ1v) is 7.23. The Hall–Kier alpha value is -1.97. The van der Waals surface area contributed by atoms with E-state index in [0.29, 0.717) is 6.42 Å². The van der Waals surface area contributed by atoms with Gasteiger partial charge in [-0.15, -0.1) is 0 Å². The van der Waals surface area contributed by atoms with Gasteiger partial charge in [0.2, 0.25) is 0 Å². The molecule has 0 amide bonds. The molecular weight excluding hydrogens is 282 g/mol. The van der Waals surface area contributed by atoms with Crippen molar-refractivity contribution >= 4 is 22.6 Å². The molecule has 1 heterocycles. The molecule has 2 aromatic carbocycles. The number of hydrogen-bond donors (Lipinski definition) is 1. The number of nitrogens with two attached hydrogens (primary N) is 1. The predicted molar refractivity (Wildman–Crippen MR) is 86.4 cm³/mol. The molecule has 3 rings (SSSR count). The molecule has 1 aromatic heterocycles. The number of para-hydroxylation sites is 1. The highest BCUT2D eigenvalue weighted by molar-refractivity contribution is 6.31. The second kappa shape index (κ2) is 5.80. The van der Waals surface area contributed by atoms with Crippen LogP contribution in [0.5, 0.6) is 0 Å². The molecule has 3 nitrogen and oxygen atoms in total. The number of halogens is 1. The molecule has 0 spiro atoms. The maximum atomic E-state index is 6.37. The summed E-state index contributed by atoms with van der Waals surface area (Å²) in [5.41, 5.74) is 11.3. The summed E-state index contributed by atoms with van der Waals surface area (Å²) in [6.07, 6.45) is 4.06. The number of aryl methyl sites for hydroxylation is 1. The summed E-state index contributed by atoms with van der Waals surface area (Å²) in [4.78, 5) is 8.72. The van der Waals surface area contributed by atoms with E-state index in [1.54, 1.807) is 12.4 Å². The van der Waals surface area contributed by atoms with E-state index in [9.17, 15) is 0 Å². The largest absolute Gasteiger partial charge is 0.324 e. The molecule has 0 aliphatic heterocycles. The Morgan fingerprint density at radius 2 is 1.95 bits per heavy atom. The van der Waals surface area contributed by atoms with Gasteiger partial charge >= 0.3 is 0 Å². The van der Waals surface area contributed by atoms with Crippen LogP contribution >= 0.6 is 11.6 Å². The number of fused-ring (bicyclic) bond motifs is 1. The molecule has 0 fully saturated rings. The molecule has 0 bridgehead atoms. The fraction of sp³-hybridized carbons (Fsp3) is 0.176. The van der Waals surface area contributed by atoms with Gasteiger partial charge in [0.25, 0.3) is 0 Å². The summed E-state index contributed by atoms with van der Waals surface area (Å²) in [7, 11) is 0. The lowest BCUT2D eigenvalue weighted by Gasteiger charge is -2.15. The summed E-state index contributed by atoms with van der Waals surface area (Å²) in [5.74, 6) is 0. The monoisotopic (exact) mass is 297 g/mol. The summed E-state index contributed by atoms with van der Waals surface area (Å²) in [5, 5.41) is 0.761. The van der Waals surface area contributed by atoms with Crippen LogP contribution in [0.3, 0.4) is 0 Å². The van der Waals surface area contributed by atoms with E-state index in [-0.39, 0.29) is 6.04 Å². The highest BCUT2D eigenvalue weighted by atomic mass is 35.5. The SMILES string of the molecule is Cc1ccc(CC(N)c2cccc3nccnc23)c(Cl)c1. The third-order valence-electron chi connectivity index (χ3n) is 3.58. The van der Waals surface area contributed by atoms with Crippen LogP contribution < -0.4 is 5.73 Å². The van der Waals surface area contributed by atoms with Crippen molar-refractivity contribution in [2.75, 3.05) is 0 Å². The van der Waals surface area contributed by atoms with E-state index in [0.717, 1.165) is 32.7 Å². The fourth-order valence-electron chi connectivity index (χ4n) is 2.48. The molecule has 0 aliphatic rings. The average Bonchev–Trinajstić information content (AvgIpc) is 2.49. The fourth-order valence-corrected chi connectivity index (χ4v) is 2.79. The highest BCUT2D eigenvalue weighted by Gasteiger charge is 2.13. The quantitative estimate of drug-likeness (QED) is 0.799. The van der Waals surface area contributed by atoms with Gasteiger partial charge in [0, 0.05) is 23.5 Å². The molecule has 4 heteroatoms. The van der Waals surface area contributed by atoms with Crippen molar-refractivity contribution in [3.8, 4) is 0 Å². The second-order valence-corrected chi connectivity index (χ2v) is 5.58. The van der Waals surface area contributed by atoms with Crippen molar-refractivity contribution < 1.29 is 0 Å². The van der Waals surface area contributed by atoms with Gasteiger partial charge in [0.05, 0.1) is 11.0 Å². The van der Waals surface area contributed by atoms with Crippen molar-refractivity contribution in [2.45, 2.75) is 19.4 Å².